The average molecular weight is 421 g/mol. The molecule has 1 aromatic carbocycles. The number of anilines is 2. The molecule has 1 saturated heterocycles. The van der Waals surface area contributed by atoms with Gasteiger partial charge in [0.05, 0.1) is 11.8 Å². The van der Waals surface area contributed by atoms with Crippen molar-refractivity contribution in [2.75, 3.05) is 17.6 Å². The Hall–Kier alpha value is -1.97. The van der Waals surface area contributed by atoms with Gasteiger partial charge in [0.2, 0.25) is 11.0 Å². The Balaban J connectivity index is 1.33. The molecular formula is C18H17FN4OS3. The minimum Gasteiger partial charge on any atom is -0.334 e. The summed E-state index contributed by atoms with van der Waals surface area (Å²) in [4.78, 5) is 15.9. The van der Waals surface area contributed by atoms with Crippen LogP contribution in [0.25, 0.3) is 0 Å². The summed E-state index contributed by atoms with van der Waals surface area (Å²) in [5, 5.41) is 13.8. The summed E-state index contributed by atoms with van der Waals surface area (Å²) >= 11 is 4.45. The molecule has 5 nitrogen and oxygen atoms in total. The topological polar surface area (TPSA) is 58.1 Å². The van der Waals surface area contributed by atoms with E-state index in [-0.39, 0.29) is 17.8 Å². The molecular weight excluding hydrogens is 403 g/mol. The van der Waals surface area contributed by atoms with E-state index < -0.39 is 0 Å². The summed E-state index contributed by atoms with van der Waals surface area (Å²) in [6, 6.07) is 10.5. The number of thiophene rings is 1. The van der Waals surface area contributed by atoms with E-state index in [1.165, 1.54) is 40.1 Å². The van der Waals surface area contributed by atoms with Crippen LogP contribution in [0.4, 0.5) is 15.2 Å². The van der Waals surface area contributed by atoms with Gasteiger partial charge in [-0.25, -0.2) is 4.39 Å². The molecule has 27 heavy (non-hydrogen) atoms. The number of nitrogens with zero attached hydrogens (tertiary/aromatic N) is 3. The van der Waals surface area contributed by atoms with Gasteiger partial charge in [0.25, 0.3) is 0 Å². The number of nitrogens with one attached hydrogen (secondary N) is 1. The van der Waals surface area contributed by atoms with Gasteiger partial charge in [0.15, 0.2) is 4.34 Å². The Morgan fingerprint density at radius 1 is 1.33 bits per heavy atom. The number of thioether (sulfide) groups is 1. The van der Waals surface area contributed by atoms with Gasteiger partial charge < -0.3 is 10.2 Å². The first-order chi connectivity index (χ1) is 13.2. The number of carbonyl (C=O) groups is 1. The lowest BCUT2D eigenvalue weighted by atomic mass is 10.2. The van der Waals surface area contributed by atoms with Crippen molar-refractivity contribution in [2.45, 2.75) is 23.2 Å². The Kier molecular flexibility index (Phi) is 5.70. The fraction of sp³-hybridized carbons (Fsp3) is 0.278. The SMILES string of the molecule is O=C(CSc1nnc(Nc2cccc(F)c2)s1)N1CCC[C@H]1c1cccs1. The quantitative estimate of drug-likeness (QED) is 0.573. The third kappa shape index (κ3) is 4.48. The zero-order valence-electron chi connectivity index (χ0n) is 14.3. The first-order valence-electron chi connectivity index (χ1n) is 8.51. The minimum atomic E-state index is -0.310. The fourth-order valence-corrected chi connectivity index (χ4v) is 5.59. The molecule has 3 aromatic rings. The molecule has 0 unspecified atom stereocenters. The lowest BCUT2D eigenvalue weighted by Crippen LogP contribution is -2.31. The Morgan fingerprint density at radius 2 is 2.26 bits per heavy atom. The van der Waals surface area contributed by atoms with E-state index in [0.717, 1.165) is 19.4 Å². The Bertz CT molecular complexity index is 915. The average Bonchev–Trinajstić information content (AvgIpc) is 3.40. The summed E-state index contributed by atoms with van der Waals surface area (Å²) in [6.07, 6.45) is 2.07. The maximum Gasteiger partial charge on any atom is 0.233 e. The van der Waals surface area contributed by atoms with Crippen LogP contribution in [0.15, 0.2) is 46.1 Å². The molecule has 0 radical (unpaired) electrons. The maximum atomic E-state index is 13.2. The maximum absolute atomic E-state index is 13.2. The van der Waals surface area contributed by atoms with Crippen LogP contribution in [0.3, 0.4) is 0 Å². The van der Waals surface area contributed by atoms with E-state index in [2.05, 4.69) is 27.0 Å². The van der Waals surface area contributed by atoms with Gasteiger partial charge in [-0.05, 0) is 42.5 Å². The van der Waals surface area contributed by atoms with E-state index in [4.69, 9.17) is 0 Å². The molecule has 0 saturated carbocycles. The summed E-state index contributed by atoms with van der Waals surface area (Å²) in [7, 11) is 0. The van der Waals surface area contributed by atoms with Crippen molar-refractivity contribution < 1.29 is 9.18 Å². The third-order valence-corrected chi connectivity index (χ3v) is 7.18. The van der Waals surface area contributed by atoms with E-state index in [1.54, 1.807) is 23.5 Å². The molecule has 0 bridgehead atoms. The summed E-state index contributed by atoms with van der Waals surface area (Å²) in [5.74, 6) is 0.164. The molecule has 0 spiro atoms. The minimum absolute atomic E-state index is 0.130. The molecule has 1 aliphatic rings. The number of carbonyl (C=O) groups excluding carboxylic acids is 1. The van der Waals surface area contributed by atoms with Gasteiger partial charge in [0, 0.05) is 17.1 Å². The van der Waals surface area contributed by atoms with Gasteiger partial charge in [0.1, 0.15) is 5.82 Å². The van der Waals surface area contributed by atoms with E-state index >= 15 is 0 Å². The van der Waals surface area contributed by atoms with Crippen molar-refractivity contribution in [1.82, 2.24) is 15.1 Å². The monoisotopic (exact) mass is 420 g/mol. The molecule has 1 N–H and O–H groups in total. The van der Waals surface area contributed by atoms with E-state index in [1.807, 2.05) is 11.0 Å². The number of halogens is 1. The van der Waals surface area contributed by atoms with Crippen LogP contribution < -0.4 is 5.32 Å². The number of hydrogen-bond acceptors (Lipinski definition) is 7. The number of aromatic nitrogens is 2. The summed E-state index contributed by atoms with van der Waals surface area (Å²) in [6.45, 7) is 0.810. The molecule has 1 atom stereocenters. The zero-order chi connectivity index (χ0) is 18.6. The molecule has 1 aliphatic heterocycles. The van der Waals surface area contributed by atoms with Crippen molar-refractivity contribution >= 4 is 51.2 Å². The van der Waals surface area contributed by atoms with Crippen LogP contribution in [0.2, 0.25) is 0 Å². The summed E-state index contributed by atoms with van der Waals surface area (Å²) in [5.41, 5.74) is 0.620. The molecule has 140 valence electrons. The molecule has 1 amide bonds. The van der Waals surface area contributed by atoms with Gasteiger partial charge in [-0.3, -0.25) is 4.79 Å². The number of amides is 1. The van der Waals surface area contributed by atoms with Crippen LogP contribution in [0, 0.1) is 5.82 Å². The Morgan fingerprint density at radius 3 is 3.07 bits per heavy atom. The highest BCUT2D eigenvalue weighted by Gasteiger charge is 2.30. The van der Waals surface area contributed by atoms with Crippen LogP contribution in [-0.2, 0) is 4.79 Å². The van der Waals surface area contributed by atoms with Gasteiger partial charge >= 0.3 is 0 Å². The number of benzene rings is 1. The smallest absolute Gasteiger partial charge is 0.233 e. The third-order valence-electron chi connectivity index (χ3n) is 4.25. The molecule has 0 aliphatic carbocycles. The summed E-state index contributed by atoms with van der Waals surface area (Å²) < 4.78 is 14.0. The van der Waals surface area contributed by atoms with Crippen molar-refractivity contribution in [3.8, 4) is 0 Å². The highest BCUT2D eigenvalue weighted by molar-refractivity contribution is 8.01. The van der Waals surface area contributed by atoms with Crippen molar-refractivity contribution in [2.24, 2.45) is 0 Å². The van der Waals surface area contributed by atoms with Crippen molar-refractivity contribution in [1.29, 1.82) is 0 Å². The second kappa shape index (κ2) is 8.37. The van der Waals surface area contributed by atoms with Crippen LogP contribution >= 0.6 is 34.4 Å². The number of hydrogen-bond donors (Lipinski definition) is 1. The van der Waals surface area contributed by atoms with Crippen LogP contribution in [0.5, 0.6) is 0 Å². The second-order valence-corrected chi connectivity index (χ2v) is 9.24. The van der Waals surface area contributed by atoms with Gasteiger partial charge in [-0.15, -0.1) is 21.5 Å². The fourth-order valence-electron chi connectivity index (χ4n) is 3.06. The highest BCUT2D eigenvalue weighted by atomic mass is 32.2. The van der Waals surface area contributed by atoms with Crippen LogP contribution in [0.1, 0.15) is 23.8 Å². The van der Waals surface area contributed by atoms with Gasteiger partial charge in [-0.1, -0.05) is 35.2 Å². The van der Waals surface area contributed by atoms with Crippen molar-refractivity contribution in [3.63, 3.8) is 0 Å². The van der Waals surface area contributed by atoms with E-state index in [9.17, 15) is 9.18 Å². The molecule has 2 aromatic heterocycles. The molecule has 9 heteroatoms. The first-order valence-corrected chi connectivity index (χ1v) is 11.2. The molecule has 3 heterocycles. The first kappa shape index (κ1) is 18.4. The lowest BCUT2D eigenvalue weighted by molar-refractivity contribution is -0.129. The van der Waals surface area contributed by atoms with Crippen LogP contribution in [-0.4, -0.2) is 33.3 Å². The standard InChI is InChI=1S/C18H17FN4OS3/c19-12-4-1-5-13(10-12)20-17-21-22-18(27-17)26-11-16(24)23-8-2-6-14(23)15-7-3-9-25-15/h1,3-5,7,9-10,14H,2,6,8,11H2,(H,20,21)/t14-/m0/s1. The predicted octanol–water partition coefficient (Wildman–Crippen LogP) is 4.94. The largest absolute Gasteiger partial charge is 0.334 e. The Labute approximate surface area is 168 Å². The second-order valence-electron chi connectivity index (χ2n) is 6.06. The zero-order valence-corrected chi connectivity index (χ0v) is 16.7. The molecule has 4 rings (SSSR count). The normalized spacial score (nSPS) is 16.6. The molecule has 1 fully saturated rings. The highest BCUT2D eigenvalue weighted by Crippen LogP contribution is 2.35. The predicted molar refractivity (Wildman–Crippen MR) is 108 cm³/mol. The number of likely N-dealkylation sites (tertiary alicyclic amines) is 1. The number of rotatable bonds is 6. The van der Waals surface area contributed by atoms with Gasteiger partial charge in [-0.2, -0.15) is 0 Å². The van der Waals surface area contributed by atoms with Crippen molar-refractivity contribution in [3.05, 3.63) is 52.5 Å². The van der Waals surface area contributed by atoms with E-state index in [0.29, 0.717) is 20.9 Å². The lowest BCUT2D eigenvalue weighted by Gasteiger charge is -2.23.